The van der Waals surface area contributed by atoms with Gasteiger partial charge in [-0.25, -0.2) is 14.8 Å². The van der Waals surface area contributed by atoms with Gasteiger partial charge in [0, 0.05) is 29.4 Å². The zero-order valence-electron chi connectivity index (χ0n) is 19.4. The maximum atomic E-state index is 12.9. The molecule has 10 heteroatoms. The molecule has 10 nitrogen and oxygen atoms in total. The maximum absolute atomic E-state index is 12.9. The predicted molar refractivity (Wildman–Crippen MR) is 131 cm³/mol. The van der Waals surface area contributed by atoms with Crippen molar-refractivity contribution in [2.24, 2.45) is 0 Å². The summed E-state index contributed by atoms with van der Waals surface area (Å²) in [5.41, 5.74) is 5.00. The van der Waals surface area contributed by atoms with Crippen LogP contribution in [0.25, 0.3) is 10.9 Å². The highest BCUT2D eigenvalue weighted by atomic mass is 16.9. The third-order valence-electron chi connectivity index (χ3n) is 5.98. The first kappa shape index (κ1) is 23.4. The molecule has 0 saturated carbocycles. The quantitative estimate of drug-likeness (QED) is 0.214. The summed E-state index contributed by atoms with van der Waals surface area (Å²) in [5, 5.41) is 22.3. The number of aryl methyl sites for hydroxylation is 1. The number of anilines is 1. The zero-order valence-corrected chi connectivity index (χ0v) is 19.4. The number of pyridine rings is 2. The van der Waals surface area contributed by atoms with Crippen molar-refractivity contribution < 1.29 is 24.7 Å². The first-order chi connectivity index (χ1) is 17.3. The molecule has 4 aromatic rings. The van der Waals surface area contributed by atoms with E-state index in [1.807, 2.05) is 12.1 Å². The molecule has 0 bridgehead atoms. The molecular weight excluding hydrogens is 462 g/mol. The standard InChI is InChI=1S/C26H23N5O5/c1-17-14-19(25(32)30-15-20(16-30)36-26(33)22-8-2-3-12-27-22)10-11-21(17)29-31(34,35)23-9-4-6-18-7-5-13-28-24(18)23/h2-14,20,34-35H,15-16H2,1H3/p+1. The molecule has 0 atom stereocenters. The number of nitrogens with one attached hydrogen (secondary N) is 1. The van der Waals surface area contributed by atoms with Gasteiger partial charge in [0.2, 0.25) is 0 Å². The number of fused-ring (bicyclic) bond motifs is 1. The fourth-order valence-corrected chi connectivity index (χ4v) is 4.05. The Hall–Kier alpha value is -4.38. The lowest BCUT2D eigenvalue weighted by Gasteiger charge is -2.38. The van der Waals surface area contributed by atoms with Gasteiger partial charge in [0.25, 0.3) is 11.6 Å². The van der Waals surface area contributed by atoms with Crippen LogP contribution in [0.2, 0.25) is 0 Å². The molecule has 1 aliphatic heterocycles. The highest BCUT2D eigenvalue weighted by Gasteiger charge is 2.35. The lowest BCUT2D eigenvalue weighted by Crippen LogP contribution is -2.55. The molecule has 1 aliphatic rings. The van der Waals surface area contributed by atoms with Crippen molar-refractivity contribution in [2.45, 2.75) is 13.0 Å². The van der Waals surface area contributed by atoms with Crippen molar-refractivity contribution in [3.63, 3.8) is 0 Å². The van der Waals surface area contributed by atoms with Gasteiger partial charge < -0.3 is 9.64 Å². The van der Waals surface area contributed by atoms with Crippen molar-refractivity contribution >= 4 is 34.2 Å². The highest BCUT2D eigenvalue weighted by Crippen LogP contribution is 2.29. The number of para-hydroxylation sites is 1. The van der Waals surface area contributed by atoms with E-state index >= 15 is 0 Å². The van der Waals surface area contributed by atoms with Gasteiger partial charge in [-0.15, -0.1) is 10.4 Å². The van der Waals surface area contributed by atoms with Crippen molar-refractivity contribution in [1.29, 1.82) is 0 Å². The molecule has 36 heavy (non-hydrogen) atoms. The summed E-state index contributed by atoms with van der Waals surface area (Å²) in [6.45, 7) is 2.34. The summed E-state index contributed by atoms with van der Waals surface area (Å²) < 4.78 is 5.39. The van der Waals surface area contributed by atoms with Gasteiger partial charge in [0.05, 0.1) is 23.7 Å². The Labute approximate surface area is 206 Å². The Bertz CT molecular complexity index is 1430. The number of carbonyl (C=O) groups is 2. The first-order valence-electron chi connectivity index (χ1n) is 11.3. The van der Waals surface area contributed by atoms with Crippen molar-refractivity contribution in [3.8, 4) is 0 Å². The van der Waals surface area contributed by atoms with E-state index in [1.165, 1.54) is 6.20 Å². The first-order valence-corrected chi connectivity index (χ1v) is 11.3. The number of ether oxygens (including phenoxy) is 1. The van der Waals surface area contributed by atoms with Crippen LogP contribution in [0.1, 0.15) is 26.4 Å². The van der Waals surface area contributed by atoms with Crippen molar-refractivity contribution in [1.82, 2.24) is 19.8 Å². The number of hydrogen-bond donors (Lipinski definition) is 3. The van der Waals surface area contributed by atoms with E-state index in [1.54, 1.807) is 72.6 Å². The number of amides is 1. The number of carbonyl (C=O) groups excluding carboxylic acids is 2. The summed E-state index contributed by atoms with van der Waals surface area (Å²) in [7, 11) is 0. The molecule has 1 saturated heterocycles. The Morgan fingerprint density at radius 3 is 2.53 bits per heavy atom. The predicted octanol–water partition coefficient (Wildman–Crippen LogP) is 3.73. The number of benzene rings is 2. The summed E-state index contributed by atoms with van der Waals surface area (Å²) in [5.74, 6) is -0.725. The molecule has 1 fully saturated rings. The second-order valence-electron chi connectivity index (χ2n) is 8.55. The van der Waals surface area contributed by atoms with Crippen LogP contribution in [-0.2, 0) is 4.74 Å². The van der Waals surface area contributed by atoms with E-state index < -0.39 is 10.9 Å². The number of nitrogens with zero attached hydrogens (tertiary/aromatic N) is 4. The Kier molecular flexibility index (Phi) is 6.06. The van der Waals surface area contributed by atoms with Gasteiger partial charge in [-0.05, 0) is 48.9 Å². The van der Waals surface area contributed by atoms with Gasteiger partial charge >= 0.3 is 5.97 Å². The van der Waals surface area contributed by atoms with Gasteiger partial charge in [-0.3, -0.25) is 4.79 Å². The van der Waals surface area contributed by atoms with Crippen LogP contribution in [0.5, 0.6) is 0 Å². The van der Waals surface area contributed by atoms with Gasteiger partial charge in [-0.2, -0.15) is 5.43 Å². The minimum absolute atomic E-state index is 0.152. The third-order valence-corrected chi connectivity index (χ3v) is 5.98. The number of quaternary nitrogens is 1. The molecular formula is C26H24N5O5+. The third kappa shape index (κ3) is 4.60. The molecule has 182 valence electrons. The topological polar surface area (TPSA) is 125 Å². The van der Waals surface area contributed by atoms with E-state index in [-0.39, 0.29) is 36.5 Å². The minimum atomic E-state index is -1.61. The molecule has 0 unspecified atom stereocenters. The summed E-state index contributed by atoms with van der Waals surface area (Å²) in [6, 6.07) is 18.6. The molecule has 1 amide bonds. The SMILES string of the molecule is Cc1cc(C(=O)N2CC(OC(=O)c3ccccn3)C2)ccc1N[N+](O)(O)c1cccc2cccnc12. The van der Waals surface area contributed by atoms with Crippen LogP contribution in [-0.4, -0.2) is 56.4 Å². The second kappa shape index (κ2) is 9.34. The van der Waals surface area contributed by atoms with Crippen LogP contribution in [0, 0.1) is 6.92 Å². The van der Waals surface area contributed by atoms with Crippen LogP contribution in [0.3, 0.4) is 0 Å². The normalized spacial score (nSPS) is 13.8. The Morgan fingerprint density at radius 2 is 1.78 bits per heavy atom. The zero-order chi connectivity index (χ0) is 25.3. The fourth-order valence-electron chi connectivity index (χ4n) is 4.05. The lowest BCUT2D eigenvalue weighted by molar-refractivity contribution is -0.271. The number of aromatic nitrogens is 2. The van der Waals surface area contributed by atoms with E-state index in [4.69, 9.17) is 4.74 Å². The van der Waals surface area contributed by atoms with Crippen LogP contribution in [0.4, 0.5) is 11.4 Å². The number of hydrogen-bond acceptors (Lipinski definition) is 8. The number of rotatable bonds is 6. The molecule has 0 aliphatic carbocycles. The molecule has 3 heterocycles. The molecule has 2 aromatic carbocycles. The fraction of sp³-hybridized carbons (Fsp3) is 0.154. The van der Waals surface area contributed by atoms with E-state index in [0.717, 1.165) is 5.39 Å². The second-order valence-corrected chi connectivity index (χ2v) is 8.55. The van der Waals surface area contributed by atoms with Crippen LogP contribution < -0.4 is 10.3 Å². The summed E-state index contributed by atoms with van der Waals surface area (Å²) >= 11 is 0. The largest absolute Gasteiger partial charge is 0.454 e. The van der Waals surface area contributed by atoms with E-state index in [9.17, 15) is 20.0 Å². The molecule has 3 N–H and O–H groups in total. The minimum Gasteiger partial charge on any atom is -0.454 e. The summed E-state index contributed by atoms with van der Waals surface area (Å²) in [4.78, 5) is 33.2. The molecule has 2 aromatic heterocycles. The van der Waals surface area contributed by atoms with Gasteiger partial charge in [0.15, 0.2) is 0 Å². The lowest BCUT2D eigenvalue weighted by atomic mass is 10.1. The van der Waals surface area contributed by atoms with Crippen LogP contribution in [0.15, 0.2) is 79.1 Å². The van der Waals surface area contributed by atoms with Crippen LogP contribution >= 0.6 is 0 Å². The number of esters is 1. The molecule has 5 rings (SSSR count). The van der Waals surface area contributed by atoms with E-state index in [0.29, 0.717) is 22.3 Å². The Morgan fingerprint density at radius 1 is 1.00 bits per heavy atom. The van der Waals surface area contributed by atoms with E-state index in [2.05, 4.69) is 15.4 Å². The Balaban J connectivity index is 1.24. The average Bonchev–Trinajstić information content (AvgIpc) is 2.86. The van der Waals surface area contributed by atoms with Gasteiger partial charge in [-0.1, -0.05) is 24.3 Å². The maximum Gasteiger partial charge on any atom is 0.357 e. The smallest absolute Gasteiger partial charge is 0.357 e. The number of likely N-dealkylation sites (tertiary alicyclic amines) is 1. The molecule has 0 radical (unpaired) electrons. The molecule has 0 spiro atoms. The highest BCUT2D eigenvalue weighted by molar-refractivity contribution is 5.96. The summed E-state index contributed by atoms with van der Waals surface area (Å²) in [6.07, 6.45) is 2.71. The average molecular weight is 487 g/mol. The van der Waals surface area contributed by atoms with Crippen molar-refractivity contribution in [3.05, 3.63) is 95.9 Å². The van der Waals surface area contributed by atoms with Crippen molar-refractivity contribution in [2.75, 3.05) is 18.5 Å². The monoisotopic (exact) mass is 486 g/mol. The van der Waals surface area contributed by atoms with Gasteiger partial charge in [0.1, 0.15) is 17.3 Å².